The van der Waals surface area contributed by atoms with Crippen LogP contribution in [0.2, 0.25) is 5.02 Å². The molecular formula is C9H8ClFN2. The topological polar surface area (TPSA) is 28.7 Å². The first-order chi connectivity index (χ1) is 6.11. The second-order valence-corrected chi connectivity index (χ2v) is 3.45. The van der Waals surface area contributed by atoms with Crippen LogP contribution >= 0.6 is 11.6 Å². The summed E-state index contributed by atoms with van der Waals surface area (Å²) in [6.45, 7) is 3.44. The van der Waals surface area contributed by atoms with Crippen LogP contribution in [0.25, 0.3) is 10.9 Å². The molecule has 0 bridgehead atoms. The van der Waals surface area contributed by atoms with Gasteiger partial charge in [-0.15, -0.1) is 0 Å². The van der Waals surface area contributed by atoms with Crippen LogP contribution in [-0.2, 0) is 0 Å². The van der Waals surface area contributed by atoms with Gasteiger partial charge in [-0.2, -0.15) is 5.10 Å². The highest BCUT2D eigenvalue weighted by Gasteiger charge is 2.12. The predicted octanol–water partition coefficient (Wildman–Crippen LogP) is 2.97. The van der Waals surface area contributed by atoms with Gasteiger partial charge < -0.3 is 0 Å². The SMILES string of the molecule is Cc1c(Cl)cc2n[nH]c(C)c2c1F. The molecule has 2 aromatic rings. The monoisotopic (exact) mass is 198 g/mol. The van der Waals surface area contributed by atoms with Crippen molar-refractivity contribution >= 4 is 22.5 Å². The smallest absolute Gasteiger partial charge is 0.138 e. The fourth-order valence-electron chi connectivity index (χ4n) is 1.35. The second kappa shape index (κ2) is 2.70. The molecule has 0 spiro atoms. The number of aryl methyl sites for hydroxylation is 1. The van der Waals surface area contributed by atoms with E-state index in [4.69, 9.17) is 11.6 Å². The zero-order chi connectivity index (χ0) is 9.59. The minimum absolute atomic E-state index is 0.284. The number of rotatable bonds is 0. The van der Waals surface area contributed by atoms with Gasteiger partial charge in [-0.25, -0.2) is 4.39 Å². The molecule has 4 heteroatoms. The molecule has 0 saturated carbocycles. The predicted molar refractivity (Wildman–Crippen MR) is 50.5 cm³/mol. The van der Waals surface area contributed by atoms with Crippen LogP contribution < -0.4 is 0 Å². The quantitative estimate of drug-likeness (QED) is 0.693. The van der Waals surface area contributed by atoms with Crippen LogP contribution in [0.4, 0.5) is 4.39 Å². The molecule has 1 N–H and O–H groups in total. The summed E-state index contributed by atoms with van der Waals surface area (Å²) >= 11 is 5.81. The molecule has 0 amide bonds. The number of fused-ring (bicyclic) bond motifs is 1. The van der Waals surface area contributed by atoms with E-state index in [0.717, 1.165) is 5.69 Å². The number of H-pyrrole nitrogens is 1. The van der Waals surface area contributed by atoms with Gasteiger partial charge in [-0.05, 0) is 19.9 Å². The first-order valence-corrected chi connectivity index (χ1v) is 4.28. The van der Waals surface area contributed by atoms with E-state index in [1.807, 2.05) is 0 Å². The maximum absolute atomic E-state index is 13.6. The highest BCUT2D eigenvalue weighted by molar-refractivity contribution is 6.32. The molecule has 2 rings (SSSR count). The lowest BCUT2D eigenvalue weighted by Gasteiger charge is -2.00. The van der Waals surface area contributed by atoms with Gasteiger partial charge in [-0.3, -0.25) is 5.10 Å². The van der Waals surface area contributed by atoms with E-state index in [1.54, 1.807) is 19.9 Å². The fraction of sp³-hybridized carbons (Fsp3) is 0.222. The van der Waals surface area contributed by atoms with E-state index in [0.29, 0.717) is 21.5 Å². The summed E-state index contributed by atoms with van der Waals surface area (Å²) in [7, 11) is 0. The zero-order valence-electron chi connectivity index (χ0n) is 7.28. The lowest BCUT2D eigenvalue weighted by molar-refractivity contribution is 0.630. The number of aromatic nitrogens is 2. The average Bonchev–Trinajstić information content (AvgIpc) is 2.43. The van der Waals surface area contributed by atoms with Gasteiger partial charge in [0.05, 0.1) is 10.9 Å². The van der Waals surface area contributed by atoms with E-state index in [1.165, 1.54) is 0 Å². The zero-order valence-corrected chi connectivity index (χ0v) is 8.04. The number of benzene rings is 1. The largest absolute Gasteiger partial charge is 0.282 e. The Morgan fingerprint density at radius 2 is 2.15 bits per heavy atom. The molecule has 2 nitrogen and oxygen atoms in total. The first kappa shape index (κ1) is 8.51. The number of aromatic amines is 1. The van der Waals surface area contributed by atoms with Gasteiger partial charge in [0.25, 0.3) is 0 Å². The highest BCUT2D eigenvalue weighted by Crippen LogP contribution is 2.27. The standard InChI is InChI=1S/C9H8ClFN2/c1-4-6(10)3-7-8(9(4)11)5(2)12-13-7/h3H,1-2H3,(H,12,13). The van der Waals surface area contributed by atoms with Crippen LogP contribution in [0.1, 0.15) is 11.3 Å². The van der Waals surface area contributed by atoms with E-state index >= 15 is 0 Å². The summed E-state index contributed by atoms with van der Waals surface area (Å²) in [5, 5.41) is 7.60. The van der Waals surface area contributed by atoms with Crippen molar-refractivity contribution in [1.82, 2.24) is 10.2 Å². The normalized spacial score (nSPS) is 11.1. The van der Waals surface area contributed by atoms with Crippen molar-refractivity contribution in [3.05, 3.63) is 28.2 Å². The van der Waals surface area contributed by atoms with Gasteiger partial charge >= 0.3 is 0 Å². The molecular weight excluding hydrogens is 191 g/mol. The Hall–Kier alpha value is -1.09. The summed E-state index contributed by atoms with van der Waals surface area (Å²) in [4.78, 5) is 0. The van der Waals surface area contributed by atoms with Gasteiger partial charge in [0, 0.05) is 16.3 Å². The fourth-order valence-corrected chi connectivity index (χ4v) is 1.54. The summed E-state index contributed by atoms with van der Waals surface area (Å²) < 4.78 is 13.6. The Labute approximate surface area is 79.7 Å². The molecule has 0 saturated heterocycles. The van der Waals surface area contributed by atoms with Crippen molar-refractivity contribution in [3.63, 3.8) is 0 Å². The van der Waals surface area contributed by atoms with E-state index in [9.17, 15) is 4.39 Å². The molecule has 0 atom stereocenters. The van der Waals surface area contributed by atoms with Crippen molar-refractivity contribution in [2.24, 2.45) is 0 Å². The molecule has 0 fully saturated rings. The Morgan fingerprint density at radius 1 is 1.46 bits per heavy atom. The average molecular weight is 199 g/mol. The molecule has 0 unspecified atom stereocenters. The number of nitrogens with zero attached hydrogens (tertiary/aromatic N) is 1. The molecule has 1 aromatic heterocycles. The maximum Gasteiger partial charge on any atom is 0.138 e. The molecule has 0 aliphatic heterocycles. The number of hydrogen-bond acceptors (Lipinski definition) is 1. The van der Waals surface area contributed by atoms with Gasteiger partial charge in [0.2, 0.25) is 0 Å². The van der Waals surface area contributed by atoms with Crippen molar-refractivity contribution in [2.75, 3.05) is 0 Å². The molecule has 1 aromatic carbocycles. The van der Waals surface area contributed by atoms with Crippen LogP contribution in [-0.4, -0.2) is 10.2 Å². The Kier molecular flexibility index (Phi) is 1.77. The highest BCUT2D eigenvalue weighted by atomic mass is 35.5. The van der Waals surface area contributed by atoms with E-state index in [-0.39, 0.29) is 5.82 Å². The van der Waals surface area contributed by atoms with Crippen molar-refractivity contribution < 1.29 is 4.39 Å². The molecule has 0 radical (unpaired) electrons. The van der Waals surface area contributed by atoms with Crippen molar-refractivity contribution in [2.45, 2.75) is 13.8 Å². The molecule has 0 aliphatic carbocycles. The minimum atomic E-state index is -0.284. The van der Waals surface area contributed by atoms with Crippen LogP contribution in [0.15, 0.2) is 6.07 Å². The number of hydrogen-bond donors (Lipinski definition) is 1. The summed E-state index contributed by atoms with van der Waals surface area (Å²) in [5.41, 5.74) is 1.77. The van der Waals surface area contributed by atoms with E-state index in [2.05, 4.69) is 10.2 Å². The Morgan fingerprint density at radius 3 is 2.85 bits per heavy atom. The third-order valence-electron chi connectivity index (χ3n) is 2.15. The van der Waals surface area contributed by atoms with Crippen molar-refractivity contribution in [3.8, 4) is 0 Å². The first-order valence-electron chi connectivity index (χ1n) is 3.90. The van der Waals surface area contributed by atoms with Gasteiger partial charge in [-0.1, -0.05) is 11.6 Å². The van der Waals surface area contributed by atoms with E-state index < -0.39 is 0 Å². The molecule has 1 heterocycles. The van der Waals surface area contributed by atoms with Gasteiger partial charge in [0.15, 0.2) is 0 Å². The third-order valence-corrected chi connectivity index (χ3v) is 2.54. The minimum Gasteiger partial charge on any atom is -0.282 e. The molecule has 68 valence electrons. The van der Waals surface area contributed by atoms with Crippen LogP contribution in [0, 0.1) is 19.7 Å². The van der Waals surface area contributed by atoms with Gasteiger partial charge in [0.1, 0.15) is 5.82 Å². The summed E-state index contributed by atoms with van der Waals surface area (Å²) in [5.74, 6) is -0.284. The lowest BCUT2D eigenvalue weighted by atomic mass is 10.1. The molecule has 13 heavy (non-hydrogen) atoms. The number of halogens is 2. The van der Waals surface area contributed by atoms with Crippen molar-refractivity contribution in [1.29, 1.82) is 0 Å². The van der Waals surface area contributed by atoms with Crippen LogP contribution in [0.3, 0.4) is 0 Å². The number of nitrogens with one attached hydrogen (secondary N) is 1. The maximum atomic E-state index is 13.6. The summed E-state index contributed by atoms with van der Waals surface area (Å²) in [6, 6.07) is 1.67. The molecule has 0 aliphatic rings. The lowest BCUT2D eigenvalue weighted by Crippen LogP contribution is -1.86. The summed E-state index contributed by atoms with van der Waals surface area (Å²) in [6.07, 6.45) is 0. The Bertz CT molecular complexity index is 476. The van der Waals surface area contributed by atoms with Crippen LogP contribution in [0.5, 0.6) is 0 Å². The third kappa shape index (κ3) is 1.11. The second-order valence-electron chi connectivity index (χ2n) is 3.04. The Balaban J connectivity index is 2.97.